The van der Waals surface area contributed by atoms with Gasteiger partial charge in [-0.1, -0.05) is 44.2 Å². The second kappa shape index (κ2) is 11.5. The number of nitrogens with one attached hydrogen (secondary N) is 1. The molecule has 0 heterocycles. The average molecular weight is 511 g/mol. The Kier molecular flexibility index (Phi) is 8.38. The number of nitro benzene ring substituents is 1. The number of methoxy groups -OCH3 is 1. The maximum atomic E-state index is 13.4. The fraction of sp³-hybridized carbons (Fsp3) is 0.200. The van der Waals surface area contributed by atoms with Crippen LogP contribution in [0, 0.1) is 10.1 Å². The Morgan fingerprint density at radius 2 is 1.78 bits per heavy atom. The molecule has 0 atom stereocenters. The number of rotatable bonds is 10. The van der Waals surface area contributed by atoms with E-state index in [1.54, 1.807) is 30.3 Å². The third kappa shape index (κ3) is 6.25. The summed E-state index contributed by atoms with van der Waals surface area (Å²) >= 11 is 0. The first-order chi connectivity index (χ1) is 17.1. The summed E-state index contributed by atoms with van der Waals surface area (Å²) in [7, 11) is -2.66. The molecule has 3 aromatic carbocycles. The van der Waals surface area contributed by atoms with E-state index in [0.717, 1.165) is 9.87 Å². The zero-order chi connectivity index (χ0) is 26.3. The van der Waals surface area contributed by atoms with Crippen LogP contribution in [0.4, 0.5) is 11.4 Å². The van der Waals surface area contributed by atoms with Gasteiger partial charge in [-0.25, -0.2) is 13.8 Å². The van der Waals surface area contributed by atoms with Crippen LogP contribution in [0.3, 0.4) is 0 Å². The topological polar surface area (TPSA) is 131 Å². The van der Waals surface area contributed by atoms with E-state index in [0.29, 0.717) is 11.4 Å². The lowest BCUT2D eigenvalue weighted by Gasteiger charge is -2.24. The van der Waals surface area contributed by atoms with Gasteiger partial charge in [0.25, 0.3) is 21.6 Å². The van der Waals surface area contributed by atoms with Gasteiger partial charge in [-0.15, -0.1) is 0 Å². The van der Waals surface area contributed by atoms with Gasteiger partial charge in [-0.3, -0.25) is 19.2 Å². The number of carbonyl (C=O) groups is 1. The number of hydrogen-bond donors (Lipinski definition) is 1. The van der Waals surface area contributed by atoms with Crippen LogP contribution in [0.15, 0.2) is 82.8 Å². The molecule has 0 saturated heterocycles. The molecular formula is C25H26N4O6S. The summed E-state index contributed by atoms with van der Waals surface area (Å²) in [5.74, 6) is -0.137. The highest BCUT2D eigenvalue weighted by Crippen LogP contribution is 2.26. The minimum Gasteiger partial charge on any atom is -0.496 e. The SMILES string of the molecule is COc1ccc([N+](=O)[O-])cc1C=NNC(=O)CN(c1ccc(C(C)C)cc1)S(=O)(=O)c1ccccc1. The standard InChI is InChI=1S/C25H26N4O6S/c1-18(2)19-9-11-21(12-10-19)28(36(33,34)23-7-5-4-6-8-23)17-25(30)27-26-16-20-15-22(29(31)32)13-14-24(20)35-3/h4-16,18H,17H2,1-3H3,(H,27,30). The van der Waals surface area contributed by atoms with Gasteiger partial charge in [0.2, 0.25) is 0 Å². The average Bonchev–Trinajstić information content (AvgIpc) is 2.87. The van der Waals surface area contributed by atoms with Gasteiger partial charge < -0.3 is 4.74 Å². The number of benzene rings is 3. The normalized spacial score (nSPS) is 11.4. The van der Waals surface area contributed by atoms with Crippen LogP contribution < -0.4 is 14.5 Å². The van der Waals surface area contributed by atoms with Crippen molar-refractivity contribution in [2.75, 3.05) is 18.0 Å². The van der Waals surface area contributed by atoms with Crippen molar-refractivity contribution in [2.45, 2.75) is 24.7 Å². The molecule has 3 aromatic rings. The number of amides is 1. The molecule has 0 unspecified atom stereocenters. The van der Waals surface area contributed by atoms with Crippen molar-refractivity contribution in [1.82, 2.24) is 5.43 Å². The van der Waals surface area contributed by atoms with Gasteiger partial charge in [-0.2, -0.15) is 5.10 Å². The van der Waals surface area contributed by atoms with Gasteiger partial charge in [0.05, 0.1) is 28.8 Å². The molecule has 0 aliphatic carbocycles. The first-order valence-electron chi connectivity index (χ1n) is 11.0. The molecule has 0 aliphatic rings. The maximum absolute atomic E-state index is 13.4. The van der Waals surface area contributed by atoms with E-state index in [1.807, 2.05) is 26.0 Å². The van der Waals surface area contributed by atoms with E-state index in [1.165, 1.54) is 43.7 Å². The van der Waals surface area contributed by atoms with Gasteiger partial charge >= 0.3 is 0 Å². The van der Waals surface area contributed by atoms with Crippen molar-refractivity contribution >= 4 is 33.5 Å². The second-order valence-corrected chi connectivity index (χ2v) is 9.91. The van der Waals surface area contributed by atoms with Gasteiger partial charge in [0.15, 0.2) is 0 Å². The van der Waals surface area contributed by atoms with Crippen LogP contribution in [0.5, 0.6) is 5.75 Å². The molecule has 3 rings (SSSR count). The lowest BCUT2D eigenvalue weighted by Crippen LogP contribution is -2.39. The van der Waals surface area contributed by atoms with Crippen molar-refractivity contribution < 1.29 is 22.9 Å². The fourth-order valence-corrected chi connectivity index (χ4v) is 4.78. The molecule has 0 aromatic heterocycles. The number of non-ortho nitro benzene ring substituents is 1. The van der Waals surface area contributed by atoms with Crippen molar-refractivity contribution in [3.63, 3.8) is 0 Å². The maximum Gasteiger partial charge on any atom is 0.270 e. The minimum atomic E-state index is -4.06. The molecule has 36 heavy (non-hydrogen) atoms. The van der Waals surface area contributed by atoms with E-state index in [2.05, 4.69) is 10.5 Å². The Bertz CT molecular complexity index is 1360. The molecule has 0 aliphatic heterocycles. The molecule has 10 nitrogen and oxygen atoms in total. The molecule has 0 fully saturated rings. The van der Waals surface area contributed by atoms with E-state index in [-0.39, 0.29) is 22.1 Å². The van der Waals surface area contributed by atoms with Crippen LogP contribution in [-0.4, -0.2) is 39.1 Å². The summed E-state index contributed by atoms with van der Waals surface area (Å²) in [6, 6.07) is 18.7. The zero-order valence-corrected chi connectivity index (χ0v) is 20.8. The van der Waals surface area contributed by atoms with Gasteiger partial charge in [0, 0.05) is 17.7 Å². The third-order valence-corrected chi connectivity index (χ3v) is 7.07. The van der Waals surface area contributed by atoms with Crippen LogP contribution in [0.2, 0.25) is 0 Å². The first kappa shape index (κ1) is 26.4. The zero-order valence-electron chi connectivity index (χ0n) is 20.0. The van der Waals surface area contributed by atoms with Crippen LogP contribution in [0.1, 0.15) is 30.9 Å². The molecular weight excluding hydrogens is 484 g/mol. The molecule has 1 amide bonds. The molecule has 188 valence electrons. The highest BCUT2D eigenvalue weighted by molar-refractivity contribution is 7.92. The first-order valence-corrected chi connectivity index (χ1v) is 12.4. The van der Waals surface area contributed by atoms with E-state index >= 15 is 0 Å². The molecule has 1 N–H and O–H groups in total. The fourth-order valence-electron chi connectivity index (χ4n) is 3.34. The number of hydrogen-bond acceptors (Lipinski definition) is 7. The lowest BCUT2D eigenvalue weighted by atomic mass is 10.0. The van der Waals surface area contributed by atoms with E-state index in [9.17, 15) is 23.3 Å². The summed E-state index contributed by atoms with van der Waals surface area (Å²) in [4.78, 5) is 23.3. The quantitative estimate of drug-likeness (QED) is 0.248. The molecule has 0 spiro atoms. The highest BCUT2D eigenvalue weighted by Gasteiger charge is 2.27. The van der Waals surface area contributed by atoms with E-state index < -0.39 is 27.4 Å². The third-order valence-electron chi connectivity index (χ3n) is 5.28. The van der Waals surface area contributed by atoms with Crippen LogP contribution in [0.25, 0.3) is 0 Å². The molecule has 0 radical (unpaired) electrons. The number of carbonyl (C=O) groups excluding carboxylic acids is 1. The van der Waals surface area contributed by atoms with Crippen molar-refractivity contribution in [2.24, 2.45) is 5.10 Å². The summed E-state index contributed by atoms with van der Waals surface area (Å²) in [5.41, 5.74) is 3.73. The van der Waals surface area contributed by atoms with Crippen LogP contribution in [-0.2, 0) is 14.8 Å². The second-order valence-electron chi connectivity index (χ2n) is 8.05. The lowest BCUT2D eigenvalue weighted by molar-refractivity contribution is -0.384. The molecule has 11 heteroatoms. The molecule has 0 bridgehead atoms. The highest BCUT2D eigenvalue weighted by atomic mass is 32.2. The summed E-state index contributed by atoms with van der Waals surface area (Å²) < 4.78 is 33.0. The van der Waals surface area contributed by atoms with E-state index in [4.69, 9.17) is 4.74 Å². The van der Waals surface area contributed by atoms with Gasteiger partial charge in [0.1, 0.15) is 12.3 Å². The Hall–Kier alpha value is -4.25. The number of hydrazone groups is 1. The minimum absolute atomic E-state index is 0.0376. The number of nitro groups is 1. The summed E-state index contributed by atoms with van der Waals surface area (Å²) in [5, 5.41) is 14.9. The monoisotopic (exact) mass is 510 g/mol. The Balaban J connectivity index is 1.86. The predicted molar refractivity (Wildman–Crippen MR) is 137 cm³/mol. The number of ether oxygens (including phenoxy) is 1. The Morgan fingerprint density at radius 1 is 1.11 bits per heavy atom. The van der Waals surface area contributed by atoms with Crippen molar-refractivity contribution in [3.8, 4) is 5.75 Å². The summed E-state index contributed by atoms with van der Waals surface area (Å²) in [6.07, 6.45) is 1.19. The van der Waals surface area contributed by atoms with Crippen molar-refractivity contribution in [3.05, 3.63) is 94.0 Å². The molecule has 0 saturated carbocycles. The Morgan fingerprint density at radius 3 is 2.36 bits per heavy atom. The Labute approximate surface area is 209 Å². The van der Waals surface area contributed by atoms with Crippen molar-refractivity contribution in [1.29, 1.82) is 0 Å². The number of sulfonamides is 1. The predicted octanol–water partition coefficient (Wildman–Crippen LogP) is 4.07. The smallest absolute Gasteiger partial charge is 0.270 e. The number of anilines is 1. The van der Waals surface area contributed by atoms with Gasteiger partial charge in [-0.05, 0) is 41.8 Å². The van der Waals surface area contributed by atoms with Crippen LogP contribution >= 0.6 is 0 Å². The number of nitrogens with zero attached hydrogens (tertiary/aromatic N) is 3. The largest absolute Gasteiger partial charge is 0.496 e. The summed E-state index contributed by atoms with van der Waals surface area (Å²) in [6.45, 7) is 3.51.